The maximum absolute atomic E-state index is 12.6. The summed E-state index contributed by atoms with van der Waals surface area (Å²) >= 11 is 0. The third-order valence-electron chi connectivity index (χ3n) is 3.46. The van der Waals surface area contributed by atoms with Gasteiger partial charge in [0.2, 0.25) is 0 Å². The lowest BCUT2D eigenvalue weighted by Gasteiger charge is -2.19. The van der Waals surface area contributed by atoms with Crippen LogP contribution in [0.25, 0.3) is 0 Å². The predicted octanol–water partition coefficient (Wildman–Crippen LogP) is 3.61. The normalized spacial score (nSPS) is 13.6. The second kappa shape index (κ2) is 6.88. The molecule has 0 bridgehead atoms. The first-order valence-electron chi connectivity index (χ1n) is 6.66. The van der Waals surface area contributed by atoms with E-state index in [9.17, 15) is 23.1 Å². The fourth-order valence-corrected chi connectivity index (χ4v) is 2.16. The van der Waals surface area contributed by atoms with E-state index in [1.165, 1.54) is 12.1 Å². The lowest BCUT2D eigenvalue weighted by molar-refractivity contribution is -0.137. The summed E-state index contributed by atoms with van der Waals surface area (Å²) in [5.41, 5.74) is -0.505. The van der Waals surface area contributed by atoms with E-state index in [-0.39, 0.29) is 17.9 Å². The van der Waals surface area contributed by atoms with Gasteiger partial charge in [-0.2, -0.15) is 13.2 Å². The second-order valence-corrected chi connectivity index (χ2v) is 4.86. The van der Waals surface area contributed by atoms with Crippen LogP contribution in [-0.2, 0) is 17.4 Å². The molecule has 0 fully saturated rings. The number of rotatable bonds is 6. The average molecular weight is 288 g/mol. The molecule has 0 aromatic heterocycles. The predicted molar refractivity (Wildman–Crippen MR) is 70.2 cm³/mol. The highest BCUT2D eigenvalue weighted by Gasteiger charge is 2.31. The summed E-state index contributed by atoms with van der Waals surface area (Å²) in [4.78, 5) is 11.9. The Bertz CT molecular complexity index is 451. The van der Waals surface area contributed by atoms with Crippen molar-refractivity contribution in [1.82, 2.24) is 0 Å². The van der Waals surface area contributed by atoms with E-state index < -0.39 is 23.6 Å². The third kappa shape index (κ3) is 4.34. The summed E-state index contributed by atoms with van der Waals surface area (Å²) in [6.07, 6.45) is -4.40. The molecule has 0 aliphatic rings. The molecule has 0 radical (unpaired) electrons. The molecule has 112 valence electrons. The highest BCUT2D eigenvalue weighted by Crippen LogP contribution is 2.29. The van der Waals surface area contributed by atoms with E-state index in [2.05, 4.69) is 0 Å². The molecule has 1 rings (SSSR count). The Morgan fingerprint density at radius 3 is 2.35 bits per heavy atom. The minimum Gasteiger partial charge on any atom is -0.385 e. The highest BCUT2D eigenvalue weighted by atomic mass is 19.4. The number of hydrogen-bond acceptors (Lipinski definition) is 2. The second-order valence-electron chi connectivity index (χ2n) is 4.86. The van der Waals surface area contributed by atoms with Crippen molar-refractivity contribution in [3.8, 4) is 0 Å². The number of alkyl halides is 3. The quantitative estimate of drug-likeness (QED) is 0.868. The third-order valence-corrected chi connectivity index (χ3v) is 3.46. The van der Waals surface area contributed by atoms with Crippen LogP contribution in [0.5, 0.6) is 0 Å². The molecular weight excluding hydrogens is 269 g/mol. The molecule has 0 aliphatic heterocycles. The molecule has 1 aromatic carbocycles. The highest BCUT2D eigenvalue weighted by molar-refractivity contribution is 5.85. The number of hydrogen-bond donors (Lipinski definition) is 1. The van der Waals surface area contributed by atoms with Gasteiger partial charge in [0.15, 0.2) is 5.78 Å². The molecule has 1 aromatic rings. The van der Waals surface area contributed by atoms with Crippen molar-refractivity contribution in [1.29, 1.82) is 0 Å². The monoisotopic (exact) mass is 288 g/mol. The summed E-state index contributed by atoms with van der Waals surface area (Å²) in [7, 11) is 0. The van der Waals surface area contributed by atoms with Crippen LogP contribution in [0.1, 0.15) is 37.8 Å². The van der Waals surface area contributed by atoms with E-state index >= 15 is 0 Å². The summed E-state index contributed by atoms with van der Waals surface area (Å²) in [6.45, 7) is 3.74. The van der Waals surface area contributed by atoms with Crippen molar-refractivity contribution < 1.29 is 23.1 Å². The van der Waals surface area contributed by atoms with E-state index in [0.29, 0.717) is 12.8 Å². The van der Waals surface area contributed by atoms with Crippen molar-refractivity contribution in [3.63, 3.8) is 0 Å². The molecular formula is C15H19F3O2. The molecule has 2 nitrogen and oxygen atoms in total. The zero-order valence-electron chi connectivity index (χ0n) is 11.6. The fourth-order valence-electron chi connectivity index (χ4n) is 2.16. The maximum Gasteiger partial charge on any atom is 0.416 e. The molecule has 1 atom stereocenters. The van der Waals surface area contributed by atoms with Gasteiger partial charge in [-0.1, -0.05) is 44.9 Å². The van der Waals surface area contributed by atoms with Gasteiger partial charge in [0.1, 0.15) is 6.10 Å². The van der Waals surface area contributed by atoms with E-state index in [4.69, 9.17) is 0 Å². The Morgan fingerprint density at radius 1 is 1.25 bits per heavy atom. The van der Waals surface area contributed by atoms with Crippen molar-refractivity contribution in [2.24, 2.45) is 5.92 Å². The smallest absolute Gasteiger partial charge is 0.385 e. The van der Waals surface area contributed by atoms with Gasteiger partial charge in [0.05, 0.1) is 5.56 Å². The topological polar surface area (TPSA) is 37.3 Å². The molecule has 0 aliphatic carbocycles. The molecule has 1 N–H and O–H groups in total. The zero-order valence-corrected chi connectivity index (χ0v) is 11.6. The first kappa shape index (κ1) is 16.7. The Kier molecular flexibility index (Phi) is 5.74. The molecule has 0 spiro atoms. The van der Waals surface area contributed by atoms with Crippen LogP contribution in [0.2, 0.25) is 0 Å². The van der Waals surface area contributed by atoms with Gasteiger partial charge in [-0.25, -0.2) is 0 Å². The molecule has 5 heteroatoms. The summed E-state index contributed by atoms with van der Waals surface area (Å²) < 4.78 is 37.7. The maximum atomic E-state index is 12.6. The SMILES string of the molecule is CCC(CC)C(O)C(=O)Cc1cccc(C(F)(F)F)c1. The van der Waals surface area contributed by atoms with Crippen LogP contribution in [-0.4, -0.2) is 17.0 Å². The molecule has 20 heavy (non-hydrogen) atoms. The minimum absolute atomic E-state index is 0.145. The van der Waals surface area contributed by atoms with Gasteiger partial charge < -0.3 is 5.11 Å². The summed E-state index contributed by atoms with van der Waals surface area (Å²) in [5, 5.41) is 9.90. The van der Waals surface area contributed by atoms with Crippen molar-refractivity contribution in [2.75, 3.05) is 0 Å². The molecule has 0 saturated carbocycles. The van der Waals surface area contributed by atoms with Gasteiger partial charge in [-0.3, -0.25) is 4.79 Å². The van der Waals surface area contributed by atoms with Crippen LogP contribution in [0, 0.1) is 5.92 Å². The summed E-state index contributed by atoms with van der Waals surface area (Å²) in [6, 6.07) is 4.66. The molecule has 0 amide bonds. The van der Waals surface area contributed by atoms with E-state index in [1.54, 1.807) is 0 Å². The zero-order chi connectivity index (χ0) is 15.3. The number of aliphatic hydroxyl groups is 1. The lowest BCUT2D eigenvalue weighted by Crippen LogP contribution is -2.30. The largest absolute Gasteiger partial charge is 0.416 e. The number of carbonyl (C=O) groups excluding carboxylic acids is 1. The van der Waals surface area contributed by atoms with E-state index in [0.717, 1.165) is 12.1 Å². The first-order chi connectivity index (χ1) is 9.29. The number of benzene rings is 1. The average Bonchev–Trinajstić information content (AvgIpc) is 2.39. The molecule has 0 saturated heterocycles. The van der Waals surface area contributed by atoms with Gasteiger partial charge in [-0.05, 0) is 17.5 Å². The van der Waals surface area contributed by atoms with E-state index in [1.807, 2.05) is 13.8 Å². The van der Waals surface area contributed by atoms with Gasteiger partial charge in [0.25, 0.3) is 0 Å². The van der Waals surface area contributed by atoms with Crippen molar-refractivity contribution >= 4 is 5.78 Å². The number of carbonyl (C=O) groups is 1. The Balaban J connectivity index is 2.81. The number of aliphatic hydroxyl groups excluding tert-OH is 1. The van der Waals surface area contributed by atoms with Crippen LogP contribution in [0.15, 0.2) is 24.3 Å². The number of Topliss-reactive ketones (excluding diaryl/α,β-unsaturated/α-hetero) is 1. The van der Waals surface area contributed by atoms with Gasteiger partial charge >= 0.3 is 6.18 Å². The van der Waals surface area contributed by atoms with Crippen LogP contribution < -0.4 is 0 Å². The Labute approximate surface area is 116 Å². The molecule has 1 unspecified atom stereocenters. The van der Waals surface area contributed by atoms with Crippen molar-refractivity contribution in [2.45, 2.75) is 45.4 Å². The Morgan fingerprint density at radius 2 is 1.85 bits per heavy atom. The number of ketones is 1. The Hall–Kier alpha value is -1.36. The lowest BCUT2D eigenvalue weighted by atomic mass is 9.91. The fraction of sp³-hybridized carbons (Fsp3) is 0.533. The standard InChI is InChI=1S/C15H19F3O2/c1-3-11(4-2)14(20)13(19)9-10-6-5-7-12(8-10)15(16,17)18/h5-8,11,14,20H,3-4,9H2,1-2H3. The van der Waals surface area contributed by atoms with Crippen LogP contribution >= 0.6 is 0 Å². The molecule has 0 heterocycles. The number of halogens is 3. The van der Waals surface area contributed by atoms with Crippen molar-refractivity contribution in [3.05, 3.63) is 35.4 Å². The van der Waals surface area contributed by atoms with Crippen LogP contribution in [0.3, 0.4) is 0 Å². The summed E-state index contributed by atoms with van der Waals surface area (Å²) in [5.74, 6) is -0.577. The van der Waals surface area contributed by atoms with Gasteiger partial charge in [0, 0.05) is 6.42 Å². The van der Waals surface area contributed by atoms with Crippen LogP contribution in [0.4, 0.5) is 13.2 Å². The minimum atomic E-state index is -4.42. The first-order valence-corrected chi connectivity index (χ1v) is 6.66. The van der Waals surface area contributed by atoms with Gasteiger partial charge in [-0.15, -0.1) is 0 Å².